The summed E-state index contributed by atoms with van der Waals surface area (Å²) < 4.78 is 17.5. The first kappa shape index (κ1) is 19.1. The highest BCUT2D eigenvalue weighted by atomic mass is 16.7. The van der Waals surface area contributed by atoms with Gasteiger partial charge in [-0.3, -0.25) is 0 Å². The smallest absolute Gasteiger partial charge is 0.180 e. The third-order valence-corrected chi connectivity index (χ3v) is 3.98. The molecule has 4 nitrogen and oxygen atoms in total. The first-order chi connectivity index (χ1) is 12.3. The van der Waals surface area contributed by atoms with E-state index in [4.69, 9.17) is 14.2 Å². The van der Waals surface area contributed by atoms with E-state index in [-0.39, 0.29) is 13.0 Å². The molecule has 0 fully saturated rings. The highest BCUT2D eigenvalue weighted by Gasteiger charge is 2.36. The van der Waals surface area contributed by atoms with Gasteiger partial charge in [0.2, 0.25) is 0 Å². The molecule has 0 aromatic heterocycles. The van der Waals surface area contributed by atoms with Crippen LogP contribution in [0.2, 0.25) is 0 Å². The van der Waals surface area contributed by atoms with E-state index in [0.29, 0.717) is 13.2 Å². The Morgan fingerprint density at radius 2 is 1.36 bits per heavy atom. The topological polar surface area (TPSA) is 51.5 Å². The van der Waals surface area contributed by atoms with Crippen molar-refractivity contribution in [3.8, 4) is 6.07 Å². The fourth-order valence-electron chi connectivity index (χ4n) is 2.84. The molecule has 0 spiro atoms. The van der Waals surface area contributed by atoms with E-state index >= 15 is 0 Å². The van der Waals surface area contributed by atoms with Crippen molar-refractivity contribution in [3.05, 3.63) is 71.8 Å². The molecule has 2 rings (SSSR count). The lowest BCUT2D eigenvalue weighted by atomic mass is 9.83. The predicted molar refractivity (Wildman–Crippen MR) is 96.9 cm³/mol. The Kier molecular flexibility index (Phi) is 7.62. The first-order valence-corrected chi connectivity index (χ1v) is 8.62. The number of nitrogens with zero attached hydrogens (tertiary/aromatic N) is 1. The Labute approximate surface area is 150 Å². The van der Waals surface area contributed by atoms with E-state index < -0.39 is 11.9 Å². The SMILES string of the molecule is CCOC(COC(CC#N)(c1ccccc1)c1ccccc1)OCC. The molecule has 0 amide bonds. The molecule has 0 heterocycles. The molecule has 4 heteroatoms. The van der Waals surface area contributed by atoms with Crippen molar-refractivity contribution >= 4 is 0 Å². The second kappa shape index (κ2) is 9.95. The van der Waals surface area contributed by atoms with Crippen LogP contribution >= 0.6 is 0 Å². The fraction of sp³-hybridized carbons (Fsp3) is 0.381. The summed E-state index contributed by atoms with van der Waals surface area (Å²) in [4.78, 5) is 0. The van der Waals surface area contributed by atoms with Crippen molar-refractivity contribution in [1.82, 2.24) is 0 Å². The van der Waals surface area contributed by atoms with Crippen LogP contribution in [0, 0.1) is 11.3 Å². The number of hydrogen-bond acceptors (Lipinski definition) is 4. The molecule has 0 aliphatic carbocycles. The average molecular weight is 339 g/mol. The summed E-state index contributed by atoms with van der Waals surface area (Å²) in [6.07, 6.45) is -0.257. The molecular formula is C21H25NO3. The quantitative estimate of drug-likeness (QED) is 0.607. The van der Waals surface area contributed by atoms with Gasteiger partial charge < -0.3 is 14.2 Å². The minimum atomic E-state index is -0.857. The lowest BCUT2D eigenvalue weighted by Crippen LogP contribution is -2.36. The van der Waals surface area contributed by atoms with E-state index in [1.165, 1.54) is 0 Å². The lowest BCUT2D eigenvalue weighted by Gasteiger charge is -2.34. The van der Waals surface area contributed by atoms with Gasteiger partial charge in [0.25, 0.3) is 0 Å². The molecule has 0 saturated carbocycles. The summed E-state index contributed by atoms with van der Waals surface area (Å²) >= 11 is 0. The fourth-order valence-corrected chi connectivity index (χ4v) is 2.84. The molecule has 0 radical (unpaired) electrons. The standard InChI is InChI=1S/C21H25NO3/c1-3-23-20(24-4-2)17-25-21(15-16-22,18-11-7-5-8-12-18)19-13-9-6-10-14-19/h5-14,20H,3-4,15,17H2,1-2H3. The summed E-state index contributed by atoms with van der Waals surface area (Å²) in [5.41, 5.74) is 1.02. The monoisotopic (exact) mass is 339 g/mol. The maximum Gasteiger partial charge on any atom is 0.180 e. The molecule has 0 bridgehead atoms. The van der Waals surface area contributed by atoms with Crippen molar-refractivity contribution in [3.63, 3.8) is 0 Å². The zero-order valence-corrected chi connectivity index (χ0v) is 14.9. The summed E-state index contributed by atoms with van der Waals surface area (Å²) in [6, 6.07) is 22.0. The molecule has 0 aliphatic rings. The van der Waals surface area contributed by atoms with Crippen LogP contribution in [-0.2, 0) is 19.8 Å². The number of benzene rings is 2. The van der Waals surface area contributed by atoms with Crippen molar-refractivity contribution in [1.29, 1.82) is 5.26 Å². The normalized spacial score (nSPS) is 11.4. The van der Waals surface area contributed by atoms with Crippen LogP contribution in [0.5, 0.6) is 0 Å². The summed E-state index contributed by atoms with van der Waals surface area (Å²) in [7, 11) is 0. The summed E-state index contributed by atoms with van der Waals surface area (Å²) in [6.45, 7) is 5.16. The van der Waals surface area contributed by atoms with Gasteiger partial charge in [-0.05, 0) is 25.0 Å². The van der Waals surface area contributed by atoms with Gasteiger partial charge in [-0.1, -0.05) is 60.7 Å². The second-order valence-corrected chi connectivity index (χ2v) is 5.55. The summed E-state index contributed by atoms with van der Waals surface area (Å²) in [5, 5.41) is 9.50. The van der Waals surface area contributed by atoms with Gasteiger partial charge in [-0.25, -0.2) is 0 Å². The van der Waals surface area contributed by atoms with Crippen LogP contribution < -0.4 is 0 Å². The van der Waals surface area contributed by atoms with Crippen molar-refractivity contribution in [2.24, 2.45) is 0 Å². The van der Waals surface area contributed by atoms with Gasteiger partial charge in [0.05, 0.1) is 19.1 Å². The predicted octanol–water partition coefficient (Wildman–Crippen LogP) is 4.26. The van der Waals surface area contributed by atoms with Gasteiger partial charge >= 0.3 is 0 Å². The zero-order valence-electron chi connectivity index (χ0n) is 14.9. The van der Waals surface area contributed by atoms with Crippen LogP contribution in [0.25, 0.3) is 0 Å². The molecule has 0 N–H and O–H groups in total. The van der Waals surface area contributed by atoms with Crippen molar-refractivity contribution < 1.29 is 14.2 Å². The highest BCUT2D eigenvalue weighted by molar-refractivity contribution is 5.37. The minimum Gasteiger partial charge on any atom is -0.359 e. The molecule has 0 aliphatic heterocycles. The van der Waals surface area contributed by atoms with Gasteiger partial charge in [-0.15, -0.1) is 0 Å². The molecule has 0 atom stereocenters. The Morgan fingerprint density at radius 3 is 1.76 bits per heavy atom. The lowest BCUT2D eigenvalue weighted by molar-refractivity contribution is -0.188. The number of nitriles is 1. The van der Waals surface area contributed by atoms with Gasteiger partial charge in [-0.2, -0.15) is 5.26 Å². The van der Waals surface area contributed by atoms with Crippen LogP contribution in [0.4, 0.5) is 0 Å². The third kappa shape index (κ3) is 4.90. The number of hydrogen-bond donors (Lipinski definition) is 0. The highest BCUT2D eigenvalue weighted by Crippen LogP contribution is 2.37. The van der Waals surface area contributed by atoms with E-state index in [1.54, 1.807) is 0 Å². The molecule has 0 unspecified atom stereocenters. The molecule has 132 valence electrons. The van der Waals surface area contributed by atoms with Crippen LogP contribution in [-0.4, -0.2) is 26.1 Å². The van der Waals surface area contributed by atoms with Crippen LogP contribution in [0.15, 0.2) is 60.7 Å². The van der Waals surface area contributed by atoms with Crippen LogP contribution in [0.3, 0.4) is 0 Å². The number of ether oxygens (including phenoxy) is 3. The van der Waals surface area contributed by atoms with E-state index in [2.05, 4.69) is 6.07 Å². The maximum absolute atomic E-state index is 9.50. The molecule has 2 aromatic rings. The molecule has 2 aromatic carbocycles. The Morgan fingerprint density at radius 1 is 0.880 bits per heavy atom. The van der Waals surface area contributed by atoms with E-state index in [0.717, 1.165) is 11.1 Å². The summed E-state index contributed by atoms with van der Waals surface area (Å²) in [5.74, 6) is 0. The Hall–Kier alpha value is -2.19. The molecule has 25 heavy (non-hydrogen) atoms. The first-order valence-electron chi connectivity index (χ1n) is 8.62. The van der Waals surface area contributed by atoms with Gasteiger partial charge in [0, 0.05) is 13.2 Å². The van der Waals surface area contributed by atoms with E-state index in [9.17, 15) is 5.26 Å². The second-order valence-electron chi connectivity index (χ2n) is 5.55. The minimum absolute atomic E-state index is 0.200. The Balaban J connectivity index is 2.39. The average Bonchev–Trinajstić information content (AvgIpc) is 2.67. The molecular weight excluding hydrogens is 314 g/mol. The van der Waals surface area contributed by atoms with Crippen LogP contribution in [0.1, 0.15) is 31.4 Å². The maximum atomic E-state index is 9.50. The van der Waals surface area contributed by atoms with Gasteiger partial charge in [0.1, 0.15) is 5.60 Å². The van der Waals surface area contributed by atoms with Crippen molar-refractivity contribution in [2.75, 3.05) is 19.8 Å². The zero-order chi connectivity index (χ0) is 18.0. The van der Waals surface area contributed by atoms with Crippen molar-refractivity contribution in [2.45, 2.75) is 32.2 Å². The third-order valence-electron chi connectivity index (χ3n) is 3.98. The largest absolute Gasteiger partial charge is 0.359 e. The number of rotatable bonds is 10. The molecule has 0 saturated heterocycles. The Bertz CT molecular complexity index is 606. The van der Waals surface area contributed by atoms with Gasteiger partial charge in [0.15, 0.2) is 6.29 Å². The van der Waals surface area contributed by atoms with E-state index in [1.807, 2.05) is 74.5 Å².